The van der Waals surface area contributed by atoms with E-state index in [0.717, 1.165) is 0 Å². The van der Waals surface area contributed by atoms with Gasteiger partial charge < -0.3 is 0 Å². The average Bonchev–Trinajstić information content (AvgIpc) is 2.84. The van der Waals surface area contributed by atoms with Gasteiger partial charge in [-0.15, -0.1) is 0 Å². The zero-order valence-corrected chi connectivity index (χ0v) is 18.5. The van der Waals surface area contributed by atoms with E-state index in [9.17, 15) is 92.2 Å². The first-order valence-electron chi connectivity index (χ1n) is 9.76. The molecule has 0 saturated heterocycles. The van der Waals surface area contributed by atoms with Crippen LogP contribution in [0.2, 0.25) is 0 Å². The number of rotatable bonds is 4. The summed E-state index contributed by atoms with van der Waals surface area (Å²) in [6.45, 7) is 0. The second-order valence-electron chi connectivity index (χ2n) is 8.15. The van der Waals surface area contributed by atoms with Gasteiger partial charge in [0.05, 0.1) is 0 Å². The number of benzene rings is 3. The fourth-order valence-electron chi connectivity index (χ4n) is 3.82. The molecule has 3 rings (SSSR count). The van der Waals surface area contributed by atoms with E-state index in [0.29, 0.717) is 0 Å². The van der Waals surface area contributed by atoms with Crippen LogP contribution in [-0.4, -0.2) is 32.0 Å². The fraction of sp³-hybridized carbons (Fsp3) is 0.300. The molecule has 230 valence electrons. The molecule has 0 atom stereocenters. The van der Waals surface area contributed by atoms with Crippen molar-refractivity contribution in [2.75, 3.05) is 0 Å². The van der Waals surface area contributed by atoms with Crippen LogP contribution in [0.15, 0.2) is 0 Å². The maximum Gasteiger partial charge on any atom is 0.460 e. The zero-order chi connectivity index (χ0) is 33.1. The standard InChI is InChI=1S/C20BF21/c21-7-1-2(8(22)12(26)11(7)25)6(16(31,32)18(35,36)20(40,41)42)4-3(9(23)13(27)14(28)10(4)24)5(1)15(29,30)17(33,34)19(37,38)39. The molecule has 22 heteroatoms. The average molecular weight is 650 g/mol. The van der Waals surface area contributed by atoms with Gasteiger partial charge in [-0.25, -0.2) is 30.7 Å². The summed E-state index contributed by atoms with van der Waals surface area (Å²) in [5.74, 6) is -55.4. The van der Waals surface area contributed by atoms with Crippen LogP contribution in [0.25, 0.3) is 21.5 Å². The third kappa shape index (κ3) is 3.98. The van der Waals surface area contributed by atoms with Crippen molar-refractivity contribution in [2.24, 2.45) is 0 Å². The lowest BCUT2D eigenvalue weighted by molar-refractivity contribution is -0.359. The third-order valence-electron chi connectivity index (χ3n) is 5.76. The Labute approximate surface area is 216 Å². The molecule has 0 aliphatic heterocycles. The maximum absolute atomic E-state index is 14.9. The topological polar surface area (TPSA) is 0 Å². The van der Waals surface area contributed by atoms with E-state index in [-0.39, 0.29) is 0 Å². The summed E-state index contributed by atoms with van der Waals surface area (Å²) < 4.78 is 293. The highest BCUT2D eigenvalue weighted by atomic mass is 19.4. The molecule has 3 aromatic rings. The van der Waals surface area contributed by atoms with E-state index >= 15 is 0 Å². The second kappa shape index (κ2) is 9.14. The molecule has 0 saturated carbocycles. The molecule has 0 spiro atoms. The predicted molar refractivity (Wildman–Crippen MR) is 96.3 cm³/mol. The van der Waals surface area contributed by atoms with Gasteiger partial charge in [0.15, 0.2) is 40.7 Å². The second-order valence-corrected chi connectivity index (χ2v) is 8.15. The molecule has 42 heavy (non-hydrogen) atoms. The monoisotopic (exact) mass is 650 g/mol. The molecular weight excluding hydrogens is 650 g/mol. The molecule has 0 unspecified atom stereocenters. The summed E-state index contributed by atoms with van der Waals surface area (Å²) in [6.07, 6.45) is -15.2. The Bertz CT molecular complexity index is 1430. The number of halogens is 21. The Balaban J connectivity index is 3.03. The fourth-order valence-corrected chi connectivity index (χ4v) is 3.82. The van der Waals surface area contributed by atoms with Crippen LogP contribution < -0.4 is 5.46 Å². The highest BCUT2D eigenvalue weighted by molar-refractivity contribution is 6.40. The number of fused-ring (bicyclic) bond motifs is 2. The molecule has 0 fully saturated rings. The van der Waals surface area contributed by atoms with E-state index in [2.05, 4.69) is 0 Å². The van der Waals surface area contributed by atoms with Gasteiger partial charge in [0, 0.05) is 27.3 Å². The lowest BCUT2D eigenvalue weighted by Gasteiger charge is -2.34. The normalized spacial score (nSPS) is 14.4. The van der Waals surface area contributed by atoms with E-state index in [1.807, 2.05) is 0 Å². The number of hydrogen-bond donors (Lipinski definition) is 0. The van der Waals surface area contributed by atoms with Crippen LogP contribution in [0.1, 0.15) is 11.1 Å². The number of alkyl halides is 14. The Hall–Kier alpha value is -3.23. The first kappa shape index (κ1) is 33.3. The minimum atomic E-state index is -7.75. The molecule has 0 bridgehead atoms. The van der Waals surface area contributed by atoms with Gasteiger partial charge in [-0.3, -0.25) is 0 Å². The zero-order valence-electron chi connectivity index (χ0n) is 18.5. The van der Waals surface area contributed by atoms with Gasteiger partial charge in [0.2, 0.25) is 0 Å². The van der Waals surface area contributed by atoms with Crippen molar-refractivity contribution in [3.05, 3.63) is 51.8 Å². The van der Waals surface area contributed by atoms with Crippen LogP contribution in [0.5, 0.6) is 0 Å². The Kier molecular flexibility index (Phi) is 7.24. The number of hydrogen-bond acceptors (Lipinski definition) is 0. The van der Waals surface area contributed by atoms with Crippen LogP contribution in [-0.2, 0) is 11.8 Å². The van der Waals surface area contributed by atoms with Gasteiger partial charge >= 0.3 is 36.0 Å². The van der Waals surface area contributed by atoms with Crippen molar-refractivity contribution >= 4 is 34.9 Å². The molecule has 0 aliphatic carbocycles. The van der Waals surface area contributed by atoms with Gasteiger partial charge in [-0.1, -0.05) is 5.46 Å². The van der Waals surface area contributed by atoms with E-state index in [4.69, 9.17) is 7.85 Å². The molecule has 0 aliphatic rings. The summed E-state index contributed by atoms with van der Waals surface area (Å²) >= 11 is 0. The van der Waals surface area contributed by atoms with E-state index < -0.39 is 115 Å². The molecule has 0 heterocycles. The smallest absolute Gasteiger partial charge is 0.204 e. The summed E-state index contributed by atoms with van der Waals surface area (Å²) in [5.41, 5.74) is -10.7. The van der Waals surface area contributed by atoms with Crippen LogP contribution >= 0.6 is 0 Å². The maximum atomic E-state index is 14.9. The molecular formula is C20BF21. The van der Waals surface area contributed by atoms with Gasteiger partial charge in [-0.05, 0) is 5.39 Å². The first-order chi connectivity index (χ1) is 18.5. The largest absolute Gasteiger partial charge is 0.460 e. The molecule has 0 amide bonds. The highest BCUT2D eigenvalue weighted by Gasteiger charge is 2.76. The predicted octanol–water partition coefficient (Wildman–Crippen LogP) is 8.34. The van der Waals surface area contributed by atoms with Crippen molar-refractivity contribution in [2.45, 2.75) is 36.0 Å². The van der Waals surface area contributed by atoms with Gasteiger partial charge in [0.1, 0.15) is 7.85 Å². The van der Waals surface area contributed by atoms with Crippen molar-refractivity contribution in [3.63, 3.8) is 0 Å². The molecule has 2 radical (unpaired) electrons. The minimum Gasteiger partial charge on any atom is -0.204 e. The van der Waals surface area contributed by atoms with Crippen molar-refractivity contribution < 1.29 is 92.2 Å². The summed E-state index contributed by atoms with van der Waals surface area (Å²) in [4.78, 5) is 0. The first-order valence-corrected chi connectivity index (χ1v) is 9.76. The van der Waals surface area contributed by atoms with Gasteiger partial charge in [0.25, 0.3) is 0 Å². The Morgan fingerprint density at radius 3 is 0.857 bits per heavy atom. The molecule has 0 nitrogen and oxygen atoms in total. The highest BCUT2D eigenvalue weighted by Crippen LogP contribution is 2.60. The van der Waals surface area contributed by atoms with Crippen LogP contribution in [0, 0.1) is 40.7 Å². The lowest BCUT2D eigenvalue weighted by atomic mass is 9.77. The van der Waals surface area contributed by atoms with Crippen LogP contribution in [0.4, 0.5) is 92.2 Å². The van der Waals surface area contributed by atoms with Gasteiger partial charge in [-0.2, -0.15) is 61.5 Å². The van der Waals surface area contributed by atoms with Crippen molar-refractivity contribution in [1.82, 2.24) is 0 Å². The minimum absolute atomic E-state index is 2.87. The molecule has 0 N–H and O–H groups in total. The van der Waals surface area contributed by atoms with Crippen molar-refractivity contribution in [1.29, 1.82) is 0 Å². The Morgan fingerprint density at radius 1 is 0.333 bits per heavy atom. The lowest BCUT2D eigenvalue weighted by Crippen LogP contribution is -2.51. The molecule has 0 aromatic heterocycles. The van der Waals surface area contributed by atoms with E-state index in [1.165, 1.54) is 0 Å². The summed E-state index contributed by atoms with van der Waals surface area (Å²) in [6, 6.07) is 0. The summed E-state index contributed by atoms with van der Waals surface area (Å²) in [7, 11) is 4.71. The molecule has 3 aromatic carbocycles. The Morgan fingerprint density at radius 2 is 0.571 bits per heavy atom. The third-order valence-corrected chi connectivity index (χ3v) is 5.76. The van der Waals surface area contributed by atoms with E-state index in [1.54, 1.807) is 0 Å². The van der Waals surface area contributed by atoms with Crippen molar-refractivity contribution in [3.8, 4) is 0 Å². The SMILES string of the molecule is [B]c1c(F)c(F)c(F)c2c(C(F)(F)C(F)(F)C(F)(F)F)c3c(F)c(F)c(F)c(F)c3c(C(F)(F)C(F)(F)C(F)(F)F)c12. The summed E-state index contributed by atoms with van der Waals surface area (Å²) in [5, 5.41) is -14.0. The quantitative estimate of drug-likeness (QED) is 0.0877. The van der Waals surface area contributed by atoms with Crippen LogP contribution in [0.3, 0.4) is 0 Å².